The predicted molar refractivity (Wildman–Crippen MR) is 186 cm³/mol. The first-order chi connectivity index (χ1) is 25.0. The molecule has 0 unspecified atom stereocenters. The van der Waals surface area contributed by atoms with E-state index in [1.165, 1.54) is 30.3 Å². The summed E-state index contributed by atoms with van der Waals surface area (Å²) in [5, 5.41) is 9.80. The lowest BCUT2D eigenvalue weighted by Gasteiger charge is -2.48. The number of rotatable bonds is 10. The number of hydrogen-bond donors (Lipinski definition) is 1. The molecular weight excluding hydrogens is 721 g/mol. The van der Waals surface area contributed by atoms with Crippen molar-refractivity contribution in [3.63, 3.8) is 0 Å². The number of carboxylic acid groups (broad SMARTS) is 1. The third-order valence-corrected chi connectivity index (χ3v) is 11.8. The van der Waals surface area contributed by atoms with Gasteiger partial charge in [-0.15, -0.1) is 0 Å². The molecule has 4 aromatic carbocycles. The minimum absolute atomic E-state index is 0.0132. The molecule has 14 heteroatoms. The quantitative estimate of drug-likeness (QED) is 0.0992. The third kappa shape index (κ3) is 6.56. The van der Waals surface area contributed by atoms with Crippen LogP contribution in [-0.4, -0.2) is 36.9 Å². The van der Waals surface area contributed by atoms with Crippen LogP contribution in [0.15, 0.2) is 77.0 Å². The Morgan fingerprint density at radius 2 is 1.51 bits per heavy atom. The molecule has 7 rings (SSSR count). The second-order valence-electron chi connectivity index (χ2n) is 14.6. The number of halogens is 6. The van der Waals surface area contributed by atoms with Gasteiger partial charge in [-0.25, -0.2) is 39.6 Å². The van der Waals surface area contributed by atoms with E-state index in [9.17, 15) is 31.5 Å². The number of benzene rings is 4. The van der Waals surface area contributed by atoms with Gasteiger partial charge in [0.1, 0.15) is 5.82 Å². The number of sulfonamides is 1. The molecule has 278 valence electrons. The molecule has 0 spiro atoms. The van der Waals surface area contributed by atoms with Gasteiger partial charge in [-0.1, -0.05) is 57.2 Å². The molecule has 0 amide bonds. The van der Waals surface area contributed by atoms with Crippen molar-refractivity contribution in [3.8, 4) is 0 Å². The fraction of sp³-hybridized carbons (Fsp3) is 0.308. The van der Waals surface area contributed by atoms with E-state index in [2.05, 4.69) is 32.9 Å². The highest BCUT2D eigenvalue weighted by molar-refractivity contribution is 7.89. The molecule has 1 saturated heterocycles. The maximum absolute atomic E-state index is 15.2. The molecule has 0 bridgehead atoms. The summed E-state index contributed by atoms with van der Waals surface area (Å²) >= 11 is 0. The average Bonchev–Trinajstić information content (AvgIpc) is 3.94. The first-order valence-electron chi connectivity index (χ1n) is 17.0. The van der Waals surface area contributed by atoms with Gasteiger partial charge in [0.25, 0.3) is 0 Å². The minimum Gasteiger partial charge on any atom is -0.478 e. The average molecular weight is 756 g/mol. The van der Waals surface area contributed by atoms with Crippen molar-refractivity contribution in [2.75, 3.05) is 22.9 Å². The second kappa shape index (κ2) is 13.2. The molecule has 0 radical (unpaired) electrons. The fourth-order valence-corrected chi connectivity index (χ4v) is 8.38. The van der Waals surface area contributed by atoms with E-state index in [4.69, 9.17) is 0 Å². The van der Waals surface area contributed by atoms with E-state index in [0.29, 0.717) is 46.0 Å². The van der Waals surface area contributed by atoms with Crippen LogP contribution in [0.4, 0.5) is 37.7 Å². The van der Waals surface area contributed by atoms with Gasteiger partial charge in [-0.05, 0) is 65.1 Å². The number of aromatic carboxylic acids is 1. The van der Waals surface area contributed by atoms with E-state index in [0.717, 1.165) is 35.6 Å². The van der Waals surface area contributed by atoms with Crippen LogP contribution in [-0.2, 0) is 28.5 Å². The van der Waals surface area contributed by atoms with Gasteiger partial charge < -0.3 is 14.9 Å². The summed E-state index contributed by atoms with van der Waals surface area (Å²) in [6.45, 7) is 5.31. The summed E-state index contributed by atoms with van der Waals surface area (Å²) in [6, 6.07) is 15.8. The summed E-state index contributed by atoms with van der Waals surface area (Å²) in [6.07, 6.45) is 2.44. The van der Waals surface area contributed by atoms with Gasteiger partial charge in [0.2, 0.25) is 15.8 Å². The number of carbonyl (C=O) groups is 1. The van der Waals surface area contributed by atoms with Gasteiger partial charge in [0.05, 0.1) is 29.2 Å². The first-order valence-corrected chi connectivity index (χ1v) is 18.4. The Morgan fingerprint density at radius 3 is 2.09 bits per heavy atom. The lowest BCUT2D eigenvalue weighted by molar-refractivity contribution is 0.0697. The van der Waals surface area contributed by atoms with Crippen LogP contribution >= 0.6 is 0 Å². The zero-order valence-electron chi connectivity index (χ0n) is 29.0. The molecule has 1 N–H and O–H groups in total. The standard InChI is InChI=1S/C39H35F6N3O4S/c1-39(2,3)26-15-21(14-25(16-26)22-8-9-22)18-48-28-11-10-23(38(49)50)17-30(28)47-13-12-29(47)31(48)20-46(19-24-6-4-5-7-27(24)40)53(51,52)37-35(44)33(42)32(41)34(43)36(37)45/h4-7,10-11,14-17,22H,8-9,12-13,18-20H2,1-3H3,(H,49,50). The highest BCUT2D eigenvalue weighted by Gasteiger charge is 2.42. The largest absolute Gasteiger partial charge is 0.478 e. The van der Waals surface area contributed by atoms with Crippen molar-refractivity contribution < 1.29 is 44.7 Å². The van der Waals surface area contributed by atoms with Crippen molar-refractivity contribution in [2.45, 2.75) is 69.4 Å². The van der Waals surface area contributed by atoms with Gasteiger partial charge >= 0.3 is 5.97 Å². The Kier molecular flexibility index (Phi) is 9.13. The highest BCUT2D eigenvalue weighted by Crippen LogP contribution is 2.48. The van der Waals surface area contributed by atoms with E-state index < -0.39 is 68.9 Å². The van der Waals surface area contributed by atoms with Gasteiger partial charge in [0.15, 0.2) is 28.2 Å². The molecule has 7 nitrogen and oxygen atoms in total. The van der Waals surface area contributed by atoms with Crippen molar-refractivity contribution in [3.05, 3.63) is 135 Å². The van der Waals surface area contributed by atoms with Crippen LogP contribution in [0.1, 0.15) is 78.6 Å². The summed E-state index contributed by atoms with van der Waals surface area (Å²) in [5.41, 5.74) is 4.52. The normalized spacial score (nSPS) is 15.8. The number of hydrogen-bond acceptors (Lipinski definition) is 5. The Hall–Kier alpha value is -4.82. The molecule has 53 heavy (non-hydrogen) atoms. The number of carboxylic acids is 1. The highest BCUT2D eigenvalue weighted by atomic mass is 32.2. The smallest absolute Gasteiger partial charge is 0.335 e. The zero-order valence-corrected chi connectivity index (χ0v) is 29.8. The van der Waals surface area contributed by atoms with Crippen LogP contribution in [0.2, 0.25) is 0 Å². The molecule has 2 heterocycles. The summed E-state index contributed by atoms with van der Waals surface area (Å²) < 4.78 is 118. The van der Waals surface area contributed by atoms with Crippen molar-refractivity contribution in [2.24, 2.45) is 0 Å². The van der Waals surface area contributed by atoms with Crippen molar-refractivity contribution in [1.82, 2.24) is 4.31 Å². The fourth-order valence-electron chi connectivity index (χ4n) is 6.89. The molecule has 1 saturated carbocycles. The number of nitrogens with zero attached hydrogens (tertiary/aromatic N) is 3. The first kappa shape index (κ1) is 36.5. The Balaban J connectivity index is 1.40. The topological polar surface area (TPSA) is 81.2 Å². The minimum atomic E-state index is -5.57. The monoisotopic (exact) mass is 755 g/mol. The van der Waals surface area contributed by atoms with Gasteiger partial charge in [-0.3, -0.25) is 0 Å². The van der Waals surface area contributed by atoms with E-state index in [1.807, 2.05) is 6.07 Å². The summed E-state index contributed by atoms with van der Waals surface area (Å²) in [4.78, 5) is 13.5. The number of fused-ring (bicyclic) bond motifs is 3. The molecule has 2 fully saturated rings. The second-order valence-corrected chi connectivity index (χ2v) is 16.5. The molecule has 0 atom stereocenters. The number of anilines is 2. The van der Waals surface area contributed by atoms with Crippen molar-refractivity contribution >= 4 is 27.4 Å². The molecule has 2 aliphatic heterocycles. The summed E-state index contributed by atoms with van der Waals surface area (Å²) in [7, 11) is -5.57. The molecular formula is C39H35F6N3O4S. The molecule has 3 aliphatic rings. The van der Waals surface area contributed by atoms with Gasteiger partial charge in [0, 0.05) is 37.3 Å². The van der Waals surface area contributed by atoms with E-state index >= 15 is 13.2 Å². The maximum Gasteiger partial charge on any atom is 0.335 e. The van der Waals surface area contributed by atoms with Crippen LogP contribution in [0.3, 0.4) is 0 Å². The SMILES string of the molecule is CC(C)(C)c1cc(CN2C(CN(Cc3ccccc3F)S(=O)(=O)c3c(F)c(F)c(F)c(F)c3F)=C3CCN3c3cc(C(=O)O)ccc32)cc(C2CC2)c1. The van der Waals surface area contributed by atoms with E-state index in [-0.39, 0.29) is 23.1 Å². The lowest BCUT2D eigenvalue weighted by Crippen LogP contribution is -2.47. The predicted octanol–water partition coefficient (Wildman–Crippen LogP) is 8.73. The Labute approximate surface area is 302 Å². The molecule has 1 aliphatic carbocycles. The third-order valence-electron chi connectivity index (χ3n) is 10.0. The summed E-state index contributed by atoms with van der Waals surface area (Å²) in [5.74, 6) is -14.1. The Bertz CT molecular complexity index is 2290. The molecule has 0 aromatic heterocycles. The van der Waals surface area contributed by atoms with Crippen LogP contribution < -0.4 is 9.80 Å². The van der Waals surface area contributed by atoms with Crippen LogP contribution in [0.5, 0.6) is 0 Å². The van der Waals surface area contributed by atoms with Crippen molar-refractivity contribution in [1.29, 1.82) is 0 Å². The van der Waals surface area contributed by atoms with Gasteiger partial charge in [-0.2, -0.15) is 4.31 Å². The van der Waals surface area contributed by atoms with Crippen LogP contribution in [0, 0.1) is 34.9 Å². The van der Waals surface area contributed by atoms with Crippen LogP contribution in [0.25, 0.3) is 0 Å². The zero-order chi connectivity index (χ0) is 38.1. The Morgan fingerprint density at radius 1 is 0.849 bits per heavy atom. The molecule has 4 aromatic rings. The maximum atomic E-state index is 15.2. The lowest BCUT2D eigenvalue weighted by atomic mass is 9.84. The van der Waals surface area contributed by atoms with E-state index in [1.54, 1.807) is 15.9 Å².